The van der Waals surface area contributed by atoms with E-state index in [4.69, 9.17) is 9.47 Å². The number of thiazole rings is 1. The molecule has 0 amide bonds. The van der Waals surface area contributed by atoms with Crippen LogP contribution in [0.25, 0.3) is 6.08 Å². The lowest BCUT2D eigenvalue weighted by atomic mass is 9.96. The van der Waals surface area contributed by atoms with Gasteiger partial charge >= 0.3 is 11.9 Å². The first-order valence-electron chi connectivity index (χ1n) is 9.78. The fraction of sp³-hybridized carbons (Fsp3) is 0.167. The van der Waals surface area contributed by atoms with Crippen LogP contribution in [0.3, 0.4) is 0 Å². The number of allylic oxidation sites excluding steroid dienone is 1. The lowest BCUT2D eigenvalue weighted by Gasteiger charge is -2.24. The third-order valence-corrected chi connectivity index (χ3v) is 6.15. The predicted molar refractivity (Wildman–Crippen MR) is 120 cm³/mol. The van der Waals surface area contributed by atoms with Gasteiger partial charge in [0.2, 0.25) is 0 Å². The first-order valence-corrected chi connectivity index (χ1v) is 10.6. The van der Waals surface area contributed by atoms with Crippen LogP contribution in [0.5, 0.6) is 0 Å². The number of hydrogen-bond acceptors (Lipinski definition) is 7. The number of ether oxygens (including phenoxy) is 2. The van der Waals surface area contributed by atoms with Crippen molar-refractivity contribution < 1.29 is 19.1 Å². The fourth-order valence-corrected chi connectivity index (χ4v) is 4.67. The topological polar surface area (TPSA) is 87.0 Å². The maximum absolute atomic E-state index is 13.4. The normalized spacial score (nSPS) is 15.7. The first kappa shape index (κ1) is 21.5. The van der Waals surface area contributed by atoms with E-state index < -0.39 is 18.0 Å². The van der Waals surface area contributed by atoms with Crippen molar-refractivity contribution in [2.45, 2.75) is 13.0 Å². The highest BCUT2D eigenvalue weighted by atomic mass is 32.1. The van der Waals surface area contributed by atoms with Crippen molar-refractivity contribution in [1.82, 2.24) is 4.57 Å². The SMILES string of the molecule is COC(=O)C1=C(C)N=c2s/c(=C\c3ccc(C(=O)OC)cc3)c(=O)n2[C@@H]1c1ccccc1. The number of nitrogens with zero attached hydrogens (tertiary/aromatic N) is 2. The molecule has 3 aromatic rings. The van der Waals surface area contributed by atoms with Crippen molar-refractivity contribution in [2.24, 2.45) is 4.99 Å². The quantitative estimate of drug-likeness (QED) is 0.571. The summed E-state index contributed by atoms with van der Waals surface area (Å²) in [5, 5.41) is 0. The zero-order valence-electron chi connectivity index (χ0n) is 17.7. The minimum atomic E-state index is -0.635. The van der Waals surface area contributed by atoms with Gasteiger partial charge in [-0.05, 0) is 36.3 Å². The Hall–Kier alpha value is -3.78. The Kier molecular flexibility index (Phi) is 5.87. The van der Waals surface area contributed by atoms with Crippen LogP contribution in [0.2, 0.25) is 0 Å². The van der Waals surface area contributed by atoms with Crippen molar-refractivity contribution in [3.63, 3.8) is 0 Å². The fourth-order valence-electron chi connectivity index (χ4n) is 3.63. The number of carbonyl (C=O) groups is 2. The van der Waals surface area contributed by atoms with E-state index in [1.807, 2.05) is 30.3 Å². The van der Waals surface area contributed by atoms with Crippen molar-refractivity contribution in [3.05, 3.63) is 102 Å². The van der Waals surface area contributed by atoms with Crippen LogP contribution in [0.1, 0.15) is 34.5 Å². The summed E-state index contributed by atoms with van der Waals surface area (Å²) in [6.45, 7) is 1.74. The van der Waals surface area contributed by atoms with Gasteiger partial charge in [-0.15, -0.1) is 0 Å². The van der Waals surface area contributed by atoms with Gasteiger partial charge in [-0.25, -0.2) is 14.6 Å². The molecule has 0 spiro atoms. The first-order chi connectivity index (χ1) is 15.4. The van der Waals surface area contributed by atoms with E-state index in [-0.39, 0.29) is 5.56 Å². The highest BCUT2D eigenvalue weighted by molar-refractivity contribution is 7.07. The zero-order chi connectivity index (χ0) is 22.8. The second kappa shape index (κ2) is 8.76. The molecule has 0 aliphatic carbocycles. The number of rotatable bonds is 4. The highest BCUT2D eigenvalue weighted by Crippen LogP contribution is 2.30. The molecule has 0 N–H and O–H groups in total. The maximum atomic E-state index is 13.4. The van der Waals surface area contributed by atoms with Gasteiger partial charge in [0.15, 0.2) is 4.80 Å². The number of carbonyl (C=O) groups excluding carboxylic acids is 2. The number of methoxy groups -OCH3 is 2. The molecule has 2 heterocycles. The number of fused-ring (bicyclic) bond motifs is 1. The Morgan fingerprint density at radius 2 is 1.66 bits per heavy atom. The van der Waals surface area contributed by atoms with E-state index in [1.165, 1.54) is 30.1 Å². The molecule has 1 aliphatic rings. The summed E-state index contributed by atoms with van der Waals surface area (Å²) >= 11 is 1.25. The molecule has 0 saturated carbocycles. The second-order valence-corrected chi connectivity index (χ2v) is 8.11. The number of aromatic nitrogens is 1. The van der Waals surface area contributed by atoms with Gasteiger partial charge < -0.3 is 9.47 Å². The Morgan fingerprint density at radius 3 is 2.28 bits per heavy atom. The average Bonchev–Trinajstić information content (AvgIpc) is 3.12. The molecule has 0 bridgehead atoms. The Balaban J connectivity index is 1.88. The lowest BCUT2D eigenvalue weighted by molar-refractivity contribution is -0.136. The largest absolute Gasteiger partial charge is 0.466 e. The van der Waals surface area contributed by atoms with E-state index in [9.17, 15) is 14.4 Å². The molecule has 4 rings (SSSR count). The Labute approximate surface area is 187 Å². The number of esters is 2. The Bertz CT molecular complexity index is 1400. The van der Waals surface area contributed by atoms with Gasteiger partial charge in [0, 0.05) is 0 Å². The average molecular weight is 449 g/mol. The van der Waals surface area contributed by atoms with Crippen molar-refractivity contribution >= 4 is 29.4 Å². The predicted octanol–water partition coefficient (Wildman–Crippen LogP) is 2.19. The summed E-state index contributed by atoms with van der Waals surface area (Å²) in [4.78, 5) is 42.7. The molecule has 0 unspecified atom stereocenters. The summed E-state index contributed by atoms with van der Waals surface area (Å²) in [7, 11) is 2.64. The van der Waals surface area contributed by atoms with Crippen LogP contribution in [0, 0.1) is 0 Å². The monoisotopic (exact) mass is 448 g/mol. The van der Waals surface area contributed by atoms with Gasteiger partial charge in [0.05, 0.1) is 41.6 Å². The highest BCUT2D eigenvalue weighted by Gasteiger charge is 2.32. The Morgan fingerprint density at radius 1 is 1.00 bits per heavy atom. The van der Waals surface area contributed by atoms with Gasteiger partial charge in [-0.2, -0.15) is 0 Å². The van der Waals surface area contributed by atoms with Gasteiger partial charge in [0.1, 0.15) is 0 Å². The van der Waals surface area contributed by atoms with Gasteiger partial charge in [0.25, 0.3) is 5.56 Å². The van der Waals surface area contributed by atoms with E-state index >= 15 is 0 Å². The molecule has 0 fully saturated rings. The van der Waals surface area contributed by atoms with E-state index in [2.05, 4.69) is 4.99 Å². The molecule has 2 aromatic carbocycles. The molecular weight excluding hydrogens is 428 g/mol. The van der Waals surface area contributed by atoms with E-state index in [0.717, 1.165) is 11.1 Å². The van der Waals surface area contributed by atoms with Gasteiger partial charge in [-0.1, -0.05) is 53.8 Å². The van der Waals surface area contributed by atoms with E-state index in [0.29, 0.717) is 26.2 Å². The molecule has 0 saturated heterocycles. The van der Waals surface area contributed by atoms with Crippen molar-refractivity contribution in [2.75, 3.05) is 14.2 Å². The number of benzene rings is 2. The minimum Gasteiger partial charge on any atom is -0.466 e. The van der Waals surface area contributed by atoms with Crippen molar-refractivity contribution in [3.8, 4) is 0 Å². The summed E-state index contributed by atoms with van der Waals surface area (Å²) in [5.41, 5.74) is 2.56. The molecule has 1 atom stereocenters. The van der Waals surface area contributed by atoms with Crippen LogP contribution < -0.4 is 14.9 Å². The summed E-state index contributed by atoms with van der Waals surface area (Å²) in [6.07, 6.45) is 1.74. The van der Waals surface area contributed by atoms with Gasteiger partial charge in [-0.3, -0.25) is 9.36 Å². The second-order valence-electron chi connectivity index (χ2n) is 7.10. The summed E-state index contributed by atoms with van der Waals surface area (Å²) in [5.74, 6) is -0.947. The summed E-state index contributed by atoms with van der Waals surface area (Å²) in [6, 6.07) is 15.5. The molecule has 7 nitrogen and oxygen atoms in total. The third kappa shape index (κ3) is 3.80. The smallest absolute Gasteiger partial charge is 0.338 e. The van der Waals surface area contributed by atoms with Crippen LogP contribution >= 0.6 is 11.3 Å². The van der Waals surface area contributed by atoms with Crippen LogP contribution in [0.15, 0.2) is 75.7 Å². The van der Waals surface area contributed by atoms with Crippen LogP contribution in [-0.4, -0.2) is 30.7 Å². The molecule has 0 radical (unpaired) electrons. The zero-order valence-corrected chi connectivity index (χ0v) is 18.5. The summed E-state index contributed by atoms with van der Waals surface area (Å²) < 4.78 is 11.7. The van der Waals surface area contributed by atoms with Crippen LogP contribution in [0.4, 0.5) is 0 Å². The third-order valence-electron chi connectivity index (χ3n) is 5.17. The van der Waals surface area contributed by atoms with Crippen LogP contribution in [-0.2, 0) is 14.3 Å². The van der Waals surface area contributed by atoms with E-state index in [1.54, 1.807) is 37.3 Å². The molecule has 32 heavy (non-hydrogen) atoms. The molecular formula is C24H20N2O5S. The standard InChI is InChI=1S/C24H20N2O5S/c1-14-19(23(29)31-3)20(16-7-5-4-6-8-16)26-21(27)18(32-24(26)25-14)13-15-9-11-17(12-10-15)22(28)30-2/h4-13,20H,1-3H3/b18-13-/t20-/m1/s1. The maximum Gasteiger partial charge on any atom is 0.338 e. The minimum absolute atomic E-state index is 0.256. The number of hydrogen-bond donors (Lipinski definition) is 0. The molecule has 8 heteroatoms. The molecule has 162 valence electrons. The lowest BCUT2D eigenvalue weighted by Crippen LogP contribution is -2.39. The molecule has 1 aliphatic heterocycles. The molecule has 1 aromatic heterocycles. The van der Waals surface area contributed by atoms with Crippen molar-refractivity contribution in [1.29, 1.82) is 0 Å².